The van der Waals surface area contributed by atoms with Crippen molar-refractivity contribution in [3.8, 4) is 0 Å². The van der Waals surface area contributed by atoms with E-state index >= 15 is 0 Å². The summed E-state index contributed by atoms with van der Waals surface area (Å²) in [5.41, 5.74) is 0.607. The zero-order valence-electron chi connectivity index (χ0n) is 11.2. The van der Waals surface area contributed by atoms with E-state index in [1.54, 1.807) is 24.8 Å². The molecule has 0 amide bonds. The third-order valence-electron chi connectivity index (χ3n) is 2.56. The molecule has 0 spiro atoms. The van der Waals surface area contributed by atoms with Crippen molar-refractivity contribution in [2.75, 3.05) is 12.4 Å². The van der Waals surface area contributed by atoms with Gasteiger partial charge in [-0.1, -0.05) is 19.1 Å². The van der Waals surface area contributed by atoms with Gasteiger partial charge in [-0.2, -0.15) is 0 Å². The first-order valence-electron chi connectivity index (χ1n) is 6.33. The molecule has 0 aliphatic carbocycles. The summed E-state index contributed by atoms with van der Waals surface area (Å²) < 4.78 is 4.75. The highest BCUT2D eigenvalue weighted by Gasteiger charge is 2.22. The summed E-state index contributed by atoms with van der Waals surface area (Å²) in [4.78, 5) is 12.3. The van der Waals surface area contributed by atoms with Crippen LogP contribution < -0.4 is 0 Å². The lowest BCUT2D eigenvalue weighted by molar-refractivity contribution is -0.147. The van der Waals surface area contributed by atoms with Crippen LogP contribution in [0.1, 0.15) is 31.9 Å². The van der Waals surface area contributed by atoms with Gasteiger partial charge in [0, 0.05) is 4.90 Å². The Morgan fingerprint density at radius 1 is 1.37 bits per heavy atom. The molecule has 0 saturated heterocycles. The van der Waals surface area contributed by atoms with Gasteiger partial charge in [-0.05, 0) is 30.4 Å². The van der Waals surface area contributed by atoms with Crippen LogP contribution in [0.25, 0.3) is 0 Å². The van der Waals surface area contributed by atoms with E-state index in [-0.39, 0.29) is 13.0 Å². The van der Waals surface area contributed by atoms with E-state index in [9.17, 15) is 15.0 Å². The second kappa shape index (κ2) is 8.19. The molecule has 106 valence electrons. The molecule has 19 heavy (non-hydrogen) atoms. The molecule has 0 bridgehead atoms. The second-order valence-electron chi connectivity index (χ2n) is 4.03. The summed E-state index contributed by atoms with van der Waals surface area (Å²) in [6, 6.07) is 7.34. The standard InChI is InChI=1S/C14H20O4S/c1-3-18-13(16)9-12(15)14(17)10-6-5-7-11(8-10)19-4-2/h5-8,12,14-15,17H,3-4,9H2,1-2H3. The van der Waals surface area contributed by atoms with Gasteiger partial charge >= 0.3 is 5.97 Å². The maximum absolute atomic E-state index is 11.3. The molecule has 1 aromatic rings. The lowest BCUT2D eigenvalue weighted by atomic mass is 10.0. The molecule has 5 heteroatoms. The maximum Gasteiger partial charge on any atom is 0.308 e. The van der Waals surface area contributed by atoms with Crippen molar-refractivity contribution in [2.45, 2.75) is 37.4 Å². The SMILES string of the molecule is CCOC(=O)CC(O)C(O)c1cccc(SCC)c1. The highest BCUT2D eigenvalue weighted by atomic mass is 32.2. The number of carbonyl (C=O) groups is 1. The molecule has 2 N–H and O–H groups in total. The van der Waals surface area contributed by atoms with Crippen molar-refractivity contribution in [1.82, 2.24) is 0 Å². The van der Waals surface area contributed by atoms with E-state index in [2.05, 4.69) is 0 Å². The van der Waals surface area contributed by atoms with E-state index in [4.69, 9.17) is 4.74 Å². The van der Waals surface area contributed by atoms with E-state index in [1.807, 2.05) is 25.1 Å². The number of rotatable bonds is 7. The van der Waals surface area contributed by atoms with Crippen LogP contribution in [0.5, 0.6) is 0 Å². The van der Waals surface area contributed by atoms with Crippen molar-refractivity contribution in [1.29, 1.82) is 0 Å². The average molecular weight is 284 g/mol. The highest BCUT2D eigenvalue weighted by Crippen LogP contribution is 2.25. The van der Waals surface area contributed by atoms with Gasteiger partial charge in [-0.15, -0.1) is 11.8 Å². The van der Waals surface area contributed by atoms with E-state index in [1.165, 1.54) is 0 Å². The van der Waals surface area contributed by atoms with E-state index < -0.39 is 18.2 Å². The summed E-state index contributed by atoms with van der Waals surface area (Å²) in [5, 5.41) is 19.9. The van der Waals surface area contributed by atoms with Crippen LogP contribution in [0.4, 0.5) is 0 Å². The van der Waals surface area contributed by atoms with E-state index in [0.717, 1.165) is 10.6 Å². The fraction of sp³-hybridized carbons (Fsp3) is 0.500. The van der Waals surface area contributed by atoms with Gasteiger partial charge in [0.1, 0.15) is 6.10 Å². The molecule has 0 aliphatic heterocycles. The third kappa shape index (κ3) is 5.22. The molecular weight excluding hydrogens is 264 g/mol. The predicted molar refractivity (Wildman–Crippen MR) is 75.1 cm³/mol. The Labute approximate surface area is 117 Å². The van der Waals surface area contributed by atoms with Crippen LogP contribution in [0.15, 0.2) is 29.2 Å². The smallest absolute Gasteiger partial charge is 0.308 e. The molecule has 2 atom stereocenters. The lowest BCUT2D eigenvalue weighted by Gasteiger charge is -2.18. The number of aliphatic hydroxyl groups excluding tert-OH is 2. The Morgan fingerprint density at radius 2 is 2.11 bits per heavy atom. The predicted octanol–water partition coefficient (Wildman–Crippen LogP) is 2.15. The molecule has 0 radical (unpaired) electrons. The summed E-state index contributed by atoms with van der Waals surface area (Å²) >= 11 is 1.66. The number of carbonyl (C=O) groups excluding carboxylic acids is 1. The Bertz CT molecular complexity index is 408. The number of esters is 1. The fourth-order valence-corrected chi connectivity index (χ4v) is 2.41. The topological polar surface area (TPSA) is 66.8 Å². The number of aliphatic hydroxyl groups is 2. The number of thioether (sulfide) groups is 1. The summed E-state index contributed by atoms with van der Waals surface area (Å²) in [6.45, 7) is 4.01. The minimum absolute atomic E-state index is 0.208. The van der Waals surface area contributed by atoms with Crippen molar-refractivity contribution in [3.63, 3.8) is 0 Å². The number of benzene rings is 1. The fourth-order valence-electron chi connectivity index (χ4n) is 1.68. The molecule has 0 saturated carbocycles. The quantitative estimate of drug-likeness (QED) is 0.593. The number of hydrogen-bond donors (Lipinski definition) is 2. The van der Waals surface area contributed by atoms with E-state index in [0.29, 0.717) is 5.56 Å². The summed E-state index contributed by atoms with van der Waals surface area (Å²) in [5.74, 6) is 0.429. The largest absolute Gasteiger partial charge is 0.466 e. The van der Waals surface area contributed by atoms with Crippen LogP contribution in [0, 0.1) is 0 Å². The van der Waals surface area contributed by atoms with Crippen molar-refractivity contribution in [2.24, 2.45) is 0 Å². The number of ether oxygens (including phenoxy) is 1. The van der Waals surface area contributed by atoms with Gasteiger partial charge < -0.3 is 14.9 Å². The third-order valence-corrected chi connectivity index (χ3v) is 3.43. The van der Waals surface area contributed by atoms with Gasteiger partial charge in [0.15, 0.2) is 0 Å². The van der Waals surface area contributed by atoms with Crippen molar-refractivity contribution in [3.05, 3.63) is 29.8 Å². The monoisotopic (exact) mass is 284 g/mol. The Morgan fingerprint density at radius 3 is 2.74 bits per heavy atom. The normalized spacial score (nSPS) is 13.9. The van der Waals surface area contributed by atoms with Gasteiger partial charge in [0.05, 0.1) is 19.1 Å². The molecule has 2 unspecified atom stereocenters. The molecule has 0 aromatic heterocycles. The lowest BCUT2D eigenvalue weighted by Crippen LogP contribution is -2.23. The van der Waals surface area contributed by atoms with Gasteiger partial charge in [0.2, 0.25) is 0 Å². The molecule has 0 heterocycles. The first kappa shape index (κ1) is 16.0. The molecule has 0 aliphatic rings. The van der Waals surface area contributed by atoms with Crippen LogP contribution in [0.2, 0.25) is 0 Å². The Hall–Kier alpha value is -1.04. The minimum Gasteiger partial charge on any atom is -0.466 e. The van der Waals surface area contributed by atoms with Gasteiger partial charge in [-0.3, -0.25) is 4.79 Å². The van der Waals surface area contributed by atoms with Crippen LogP contribution >= 0.6 is 11.8 Å². The van der Waals surface area contributed by atoms with Crippen LogP contribution in [0.3, 0.4) is 0 Å². The summed E-state index contributed by atoms with van der Waals surface area (Å²) in [6.07, 6.45) is -2.44. The molecule has 4 nitrogen and oxygen atoms in total. The molecular formula is C14H20O4S. The average Bonchev–Trinajstić information content (AvgIpc) is 2.38. The van der Waals surface area contributed by atoms with Crippen LogP contribution in [-0.4, -0.2) is 34.6 Å². The zero-order chi connectivity index (χ0) is 14.3. The van der Waals surface area contributed by atoms with Crippen molar-refractivity contribution >= 4 is 17.7 Å². The highest BCUT2D eigenvalue weighted by molar-refractivity contribution is 7.99. The Balaban J connectivity index is 2.67. The number of hydrogen-bond acceptors (Lipinski definition) is 5. The van der Waals surface area contributed by atoms with Gasteiger partial charge in [-0.25, -0.2) is 0 Å². The first-order valence-corrected chi connectivity index (χ1v) is 7.31. The molecule has 1 aromatic carbocycles. The minimum atomic E-state index is -1.15. The van der Waals surface area contributed by atoms with Gasteiger partial charge in [0.25, 0.3) is 0 Å². The molecule has 1 rings (SSSR count). The first-order chi connectivity index (χ1) is 9.08. The maximum atomic E-state index is 11.3. The van der Waals surface area contributed by atoms with Crippen molar-refractivity contribution < 1.29 is 19.7 Å². The zero-order valence-corrected chi connectivity index (χ0v) is 12.0. The van der Waals surface area contributed by atoms with Crippen LogP contribution in [-0.2, 0) is 9.53 Å². The second-order valence-corrected chi connectivity index (χ2v) is 5.36. The molecule has 0 fully saturated rings. The Kier molecular flexibility index (Phi) is 6.91. The summed E-state index contributed by atoms with van der Waals surface area (Å²) in [7, 11) is 0.